The van der Waals surface area contributed by atoms with Gasteiger partial charge >= 0.3 is 0 Å². The average Bonchev–Trinajstić information content (AvgIpc) is 2.70. The fourth-order valence-electron chi connectivity index (χ4n) is 2.99. The number of benzene rings is 3. The van der Waals surface area contributed by atoms with Crippen molar-refractivity contribution in [2.75, 3.05) is 4.31 Å². The van der Waals surface area contributed by atoms with Crippen molar-refractivity contribution in [2.45, 2.75) is 24.8 Å². The molecule has 0 spiro atoms. The summed E-state index contributed by atoms with van der Waals surface area (Å²) >= 11 is 0. The molecule has 0 aromatic heterocycles. The highest BCUT2D eigenvalue weighted by atomic mass is 32.2. The number of hydrogen-bond acceptors (Lipinski definition) is 4. The Balaban J connectivity index is 2.11. The van der Waals surface area contributed by atoms with Gasteiger partial charge in [-0.05, 0) is 55.8 Å². The Morgan fingerprint density at radius 3 is 2.00 bits per heavy atom. The van der Waals surface area contributed by atoms with Gasteiger partial charge in [-0.3, -0.25) is 14.4 Å². The van der Waals surface area contributed by atoms with E-state index < -0.39 is 26.8 Å². The second-order valence-corrected chi connectivity index (χ2v) is 8.43. The molecule has 1 unspecified atom stereocenters. The van der Waals surface area contributed by atoms with Gasteiger partial charge in [0.15, 0.2) is 0 Å². The number of aryl methyl sites for hydroxylation is 1. The summed E-state index contributed by atoms with van der Waals surface area (Å²) in [6.45, 7) is 3.66. The first kappa shape index (κ1) is 20.5. The van der Waals surface area contributed by atoms with E-state index in [-0.39, 0.29) is 16.3 Å². The quantitative estimate of drug-likeness (QED) is 0.420. The number of halogens is 1. The molecule has 0 heterocycles. The zero-order valence-electron chi connectivity index (χ0n) is 15.8. The molecule has 8 heteroatoms. The van der Waals surface area contributed by atoms with Crippen molar-refractivity contribution >= 4 is 21.4 Å². The number of hydrogen-bond donors (Lipinski definition) is 0. The van der Waals surface area contributed by atoms with Crippen LogP contribution in [0.4, 0.5) is 15.8 Å². The van der Waals surface area contributed by atoms with Crippen LogP contribution in [0.2, 0.25) is 0 Å². The van der Waals surface area contributed by atoms with Crippen molar-refractivity contribution in [1.82, 2.24) is 0 Å². The summed E-state index contributed by atoms with van der Waals surface area (Å²) in [5.41, 5.74) is 1.87. The lowest BCUT2D eigenvalue weighted by Gasteiger charge is -2.31. The summed E-state index contributed by atoms with van der Waals surface area (Å²) in [5, 5.41) is 10.9. The molecule has 0 radical (unpaired) electrons. The summed E-state index contributed by atoms with van der Waals surface area (Å²) in [6.07, 6.45) is 0. The number of nitrogens with zero attached hydrogens (tertiary/aromatic N) is 2. The predicted octanol–water partition coefficient (Wildman–Crippen LogP) is 5.00. The molecule has 3 aromatic rings. The van der Waals surface area contributed by atoms with Gasteiger partial charge in [0.1, 0.15) is 5.82 Å². The zero-order chi connectivity index (χ0) is 21.2. The van der Waals surface area contributed by atoms with Gasteiger partial charge in [-0.15, -0.1) is 0 Å². The minimum atomic E-state index is -4.08. The molecule has 0 aliphatic carbocycles. The highest BCUT2D eigenvalue weighted by Gasteiger charge is 2.31. The van der Waals surface area contributed by atoms with Crippen LogP contribution in [-0.2, 0) is 10.0 Å². The van der Waals surface area contributed by atoms with Crippen LogP contribution in [0, 0.1) is 22.9 Å². The third kappa shape index (κ3) is 4.27. The van der Waals surface area contributed by atoms with Gasteiger partial charge in [0.05, 0.1) is 21.5 Å². The number of anilines is 1. The minimum absolute atomic E-state index is 0.0913. The first-order valence-corrected chi connectivity index (χ1v) is 10.2. The molecule has 0 aliphatic heterocycles. The van der Waals surface area contributed by atoms with Gasteiger partial charge in [0, 0.05) is 12.1 Å². The third-order valence-electron chi connectivity index (χ3n) is 4.60. The molecule has 0 bridgehead atoms. The van der Waals surface area contributed by atoms with E-state index in [2.05, 4.69) is 0 Å². The van der Waals surface area contributed by atoms with Crippen molar-refractivity contribution in [2.24, 2.45) is 0 Å². The Bertz CT molecular complexity index is 1110. The van der Waals surface area contributed by atoms with Crippen molar-refractivity contribution in [3.8, 4) is 0 Å². The van der Waals surface area contributed by atoms with Gasteiger partial charge in [-0.1, -0.05) is 29.8 Å². The van der Waals surface area contributed by atoms with Crippen LogP contribution in [0.5, 0.6) is 0 Å². The molecule has 0 aliphatic rings. The molecule has 0 N–H and O–H groups in total. The van der Waals surface area contributed by atoms with Gasteiger partial charge in [0.25, 0.3) is 15.7 Å². The zero-order valence-corrected chi connectivity index (χ0v) is 16.6. The molecule has 0 amide bonds. The molecule has 6 nitrogen and oxygen atoms in total. The Morgan fingerprint density at radius 2 is 1.48 bits per heavy atom. The molecule has 29 heavy (non-hydrogen) atoms. The molecule has 1 atom stereocenters. The van der Waals surface area contributed by atoms with Crippen molar-refractivity contribution < 1.29 is 17.7 Å². The lowest BCUT2D eigenvalue weighted by molar-refractivity contribution is -0.384. The maximum atomic E-state index is 13.4. The van der Waals surface area contributed by atoms with E-state index in [1.807, 2.05) is 31.2 Å². The van der Waals surface area contributed by atoms with E-state index in [1.165, 1.54) is 40.7 Å². The summed E-state index contributed by atoms with van der Waals surface area (Å²) in [6, 6.07) is 16.7. The molecule has 150 valence electrons. The smallest absolute Gasteiger partial charge is 0.259 e. The first-order chi connectivity index (χ1) is 13.7. The Kier molecular flexibility index (Phi) is 5.65. The third-order valence-corrected chi connectivity index (χ3v) is 6.51. The highest BCUT2D eigenvalue weighted by Crippen LogP contribution is 2.34. The van der Waals surface area contributed by atoms with Crippen molar-refractivity contribution in [3.05, 3.63) is 99.9 Å². The van der Waals surface area contributed by atoms with Gasteiger partial charge in [-0.25, -0.2) is 12.8 Å². The second kappa shape index (κ2) is 8.00. The van der Waals surface area contributed by atoms with Crippen LogP contribution >= 0.6 is 0 Å². The largest absolute Gasteiger partial charge is 0.269 e. The highest BCUT2D eigenvalue weighted by molar-refractivity contribution is 7.92. The average molecular weight is 414 g/mol. The van der Waals surface area contributed by atoms with E-state index in [0.717, 1.165) is 23.3 Å². The molecule has 0 saturated heterocycles. The Morgan fingerprint density at radius 1 is 0.931 bits per heavy atom. The molecule has 0 fully saturated rings. The van der Waals surface area contributed by atoms with E-state index in [4.69, 9.17) is 0 Å². The molecule has 3 rings (SSSR count). The van der Waals surface area contributed by atoms with Gasteiger partial charge in [-0.2, -0.15) is 0 Å². The van der Waals surface area contributed by atoms with Crippen molar-refractivity contribution in [3.63, 3.8) is 0 Å². The number of non-ortho nitro benzene ring substituents is 1. The van der Waals surface area contributed by atoms with Crippen LogP contribution in [0.3, 0.4) is 0 Å². The molecular weight excluding hydrogens is 395 g/mol. The number of nitro benzene ring substituents is 1. The SMILES string of the molecule is Cc1ccc(C(C)N(c2ccc(F)cc2)S(=O)(=O)c2ccc([N+](=O)[O-])cc2)cc1. The van der Waals surface area contributed by atoms with Crippen LogP contribution < -0.4 is 4.31 Å². The second-order valence-electron chi connectivity index (χ2n) is 6.61. The van der Waals surface area contributed by atoms with Crippen molar-refractivity contribution in [1.29, 1.82) is 0 Å². The summed E-state index contributed by atoms with van der Waals surface area (Å²) in [5.74, 6) is -0.482. The van der Waals surface area contributed by atoms with Crippen LogP contribution in [0.25, 0.3) is 0 Å². The minimum Gasteiger partial charge on any atom is -0.259 e. The van der Waals surface area contributed by atoms with E-state index in [1.54, 1.807) is 6.92 Å². The normalized spacial score (nSPS) is 12.4. The topological polar surface area (TPSA) is 80.5 Å². The molecule has 0 saturated carbocycles. The number of rotatable bonds is 6. The maximum Gasteiger partial charge on any atom is 0.269 e. The van der Waals surface area contributed by atoms with Crippen LogP contribution in [0.15, 0.2) is 77.7 Å². The van der Waals surface area contributed by atoms with Crippen LogP contribution in [0.1, 0.15) is 24.1 Å². The number of sulfonamides is 1. The Hall–Kier alpha value is -3.26. The molecular formula is C21H19FN2O4S. The Labute approximate surface area is 168 Å². The van der Waals surface area contributed by atoms with E-state index in [0.29, 0.717) is 0 Å². The lowest BCUT2D eigenvalue weighted by atomic mass is 10.1. The van der Waals surface area contributed by atoms with Crippen LogP contribution in [-0.4, -0.2) is 13.3 Å². The maximum absolute atomic E-state index is 13.4. The van der Waals surface area contributed by atoms with Gasteiger partial charge < -0.3 is 0 Å². The standard InChI is InChI=1S/C21H19FN2O4S/c1-15-3-5-17(6-4-15)16(2)23(19-9-7-18(22)8-10-19)29(27,28)21-13-11-20(12-14-21)24(25)26/h3-14,16H,1-2H3. The van der Waals surface area contributed by atoms with E-state index in [9.17, 15) is 22.9 Å². The lowest BCUT2D eigenvalue weighted by Crippen LogP contribution is -2.33. The molecule has 3 aromatic carbocycles. The summed E-state index contributed by atoms with van der Waals surface area (Å²) < 4.78 is 41.5. The van der Waals surface area contributed by atoms with Gasteiger partial charge in [0.2, 0.25) is 0 Å². The van der Waals surface area contributed by atoms with E-state index >= 15 is 0 Å². The fraction of sp³-hybridized carbons (Fsp3) is 0.143. The predicted molar refractivity (Wildman–Crippen MR) is 109 cm³/mol. The first-order valence-electron chi connectivity index (χ1n) is 8.81. The number of nitro groups is 1. The fourth-order valence-corrected chi connectivity index (χ4v) is 4.64. The summed E-state index contributed by atoms with van der Waals surface area (Å²) in [4.78, 5) is 10.2. The monoisotopic (exact) mass is 414 g/mol. The summed E-state index contributed by atoms with van der Waals surface area (Å²) in [7, 11) is -4.08.